The van der Waals surface area contributed by atoms with E-state index in [1.807, 2.05) is 0 Å². The van der Waals surface area contributed by atoms with Gasteiger partial charge in [0, 0.05) is 17.8 Å². The predicted octanol–water partition coefficient (Wildman–Crippen LogP) is 2.72. The first kappa shape index (κ1) is 21.1. The Balaban J connectivity index is 1.46. The average molecular weight is 462 g/mol. The number of fused-ring (bicyclic) bond motifs is 2. The van der Waals surface area contributed by atoms with Gasteiger partial charge in [-0.1, -0.05) is 0 Å². The summed E-state index contributed by atoms with van der Waals surface area (Å²) in [6.45, 7) is 0.523. The number of anilines is 1. The second kappa shape index (κ2) is 7.96. The first-order chi connectivity index (χ1) is 16.4. The summed E-state index contributed by atoms with van der Waals surface area (Å²) in [4.78, 5) is 26.6. The van der Waals surface area contributed by atoms with E-state index in [4.69, 9.17) is 11.0 Å². The molecule has 2 aromatic carbocycles. The molecule has 3 amide bonds. The molecule has 1 aliphatic heterocycles. The molecule has 0 fully saturated rings. The number of hydrogen-bond donors (Lipinski definition) is 3. The van der Waals surface area contributed by atoms with Crippen molar-refractivity contribution in [2.45, 2.75) is 13.1 Å². The van der Waals surface area contributed by atoms with E-state index in [1.54, 1.807) is 16.8 Å². The lowest BCUT2D eigenvalue weighted by atomic mass is 10.0. The normalized spacial score (nSPS) is 12.9. The first-order valence-electron chi connectivity index (χ1n) is 10.1. The summed E-state index contributed by atoms with van der Waals surface area (Å²) in [5.74, 6) is -2.05. The lowest BCUT2D eigenvalue weighted by Crippen LogP contribution is -2.41. The number of aromatic nitrogens is 4. The molecule has 170 valence electrons. The molecule has 10 nitrogen and oxygen atoms in total. The molecule has 34 heavy (non-hydrogen) atoms. The van der Waals surface area contributed by atoms with Gasteiger partial charge in [0.15, 0.2) is 0 Å². The molecule has 0 unspecified atom stereocenters. The molecule has 5 rings (SSSR count). The maximum absolute atomic E-state index is 14.5. The van der Waals surface area contributed by atoms with Gasteiger partial charge in [-0.05, 0) is 30.3 Å². The van der Waals surface area contributed by atoms with Crippen LogP contribution in [0.4, 0.5) is 19.3 Å². The van der Waals surface area contributed by atoms with Crippen molar-refractivity contribution in [1.29, 1.82) is 5.26 Å². The van der Waals surface area contributed by atoms with E-state index in [0.29, 0.717) is 22.2 Å². The van der Waals surface area contributed by atoms with Crippen LogP contribution in [0.25, 0.3) is 22.2 Å². The number of carbonyl (C=O) groups excluding carboxylic acids is 2. The second-order valence-corrected chi connectivity index (χ2v) is 7.71. The van der Waals surface area contributed by atoms with E-state index < -0.39 is 23.6 Å². The Bertz CT molecular complexity index is 1520. The number of nitrogens with one attached hydrogen (secondary N) is 2. The van der Waals surface area contributed by atoms with Gasteiger partial charge in [-0.25, -0.2) is 13.6 Å². The van der Waals surface area contributed by atoms with Gasteiger partial charge in [-0.2, -0.15) is 15.5 Å². The van der Waals surface area contributed by atoms with Crippen LogP contribution in [0, 0.1) is 23.0 Å². The van der Waals surface area contributed by atoms with Crippen molar-refractivity contribution in [2.24, 2.45) is 5.73 Å². The molecule has 0 aliphatic carbocycles. The summed E-state index contributed by atoms with van der Waals surface area (Å²) in [5, 5.41) is 22.7. The fraction of sp³-hybridized carbons (Fsp3) is 0.136. The van der Waals surface area contributed by atoms with Gasteiger partial charge in [0.1, 0.15) is 23.4 Å². The molecule has 0 saturated carbocycles. The van der Waals surface area contributed by atoms with Crippen molar-refractivity contribution >= 4 is 28.5 Å². The Hall–Kier alpha value is -4.79. The number of primary amides is 1. The van der Waals surface area contributed by atoms with Crippen LogP contribution in [-0.4, -0.2) is 43.4 Å². The quantitative estimate of drug-likeness (QED) is 0.429. The number of amides is 3. The molecule has 12 heteroatoms. The number of nitriles is 1. The number of hydrogen-bond acceptors (Lipinski definition) is 5. The van der Waals surface area contributed by atoms with Crippen molar-refractivity contribution in [3.8, 4) is 17.3 Å². The smallest absolute Gasteiger partial charge is 0.322 e. The zero-order valence-corrected chi connectivity index (χ0v) is 17.5. The van der Waals surface area contributed by atoms with Crippen LogP contribution >= 0.6 is 0 Å². The molecule has 0 atom stereocenters. The van der Waals surface area contributed by atoms with E-state index >= 15 is 0 Å². The summed E-state index contributed by atoms with van der Waals surface area (Å²) in [5.41, 5.74) is 7.16. The standard InChI is InChI=1S/C22H16F2N8O2/c23-15-7-13(2-1-11(15)8-25)28-22(34)31-3-4-32-18(10-31)19(21(26)33)20(30-32)12-5-16(24)14-9-27-29-17(14)6-12/h1-2,5-7,9H,3-4,10H2,(H2,26,33)(H,27,29)(H,28,34). The number of carbonyl (C=O) groups is 2. The lowest BCUT2D eigenvalue weighted by Gasteiger charge is -2.28. The Labute approximate surface area is 190 Å². The third-order valence-corrected chi connectivity index (χ3v) is 5.64. The molecule has 0 radical (unpaired) electrons. The van der Waals surface area contributed by atoms with E-state index in [2.05, 4.69) is 20.6 Å². The Morgan fingerprint density at radius 2 is 2.00 bits per heavy atom. The van der Waals surface area contributed by atoms with Crippen LogP contribution in [-0.2, 0) is 13.1 Å². The molecular weight excluding hydrogens is 446 g/mol. The molecule has 4 aromatic rings. The van der Waals surface area contributed by atoms with Crippen molar-refractivity contribution in [3.05, 3.63) is 65.0 Å². The molecule has 4 N–H and O–H groups in total. The van der Waals surface area contributed by atoms with Gasteiger partial charge < -0.3 is 16.0 Å². The monoisotopic (exact) mass is 462 g/mol. The van der Waals surface area contributed by atoms with Gasteiger partial charge in [0.2, 0.25) is 0 Å². The number of nitrogens with two attached hydrogens (primary N) is 1. The van der Waals surface area contributed by atoms with Crippen LogP contribution in [0.15, 0.2) is 36.5 Å². The molecular formula is C22H16F2N8O2. The number of H-pyrrole nitrogens is 1. The number of benzene rings is 2. The second-order valence-electron chi connectivity index (χ2n) is 7.71. The number of rotatable bonds is 3. The maximum Gasteiger partial charge on any atom is 0.322 e. The Morgan fingerprint density at radius 3 is 2.74 bits per heavy atom. The minimum atomic E-state index is -0.766. The highest BCUT2D eigenvalue weighted by molar-refractivity contribution is 6.01. The number of nitrogens with zero attached hydrogens (tertiary/aromatic N) is 5. The van der Waals surface area contributed by atoms with E-state index in [-0.39, 0.29) is 42.1 Å². The predicted molar refractivity (Wildman–Crippen MR) is 116 cm³/mol. The fourth-order valence-corrected chi connectivity index (χ4v) is 3.98. The van der Waals surface area contributed by atoms with Crippen molar-refractivity contribution in [1.82, 2.24) is 24.9 Å². The number of halogens is 2. The summed E-state index contributed by atoms with van der Waals surface area (Å²) in [7, 11) is 0. The Morgan fingerprint density at radius 1 is 1.18 bits per heavy atom. The minimum Gasteiger partial charge on any atom is -0.365 e. The van der Waals surface area contributed by atoms with Gasteiger partial charge in [-0.15, -0.1) is 0 Å². The van der Waals surface area contributed by atoms with E-state index in [1.165, 1.54) is 29.3 Å². The van der Waals surface area contributed by atoms with Crippen molar-refractivity contribution < 1.29 is 18.4 Å². The number of aromatic amines is 1. The van der Waals surface area contributed by atoms with Gasteiger partial charge in [-0.3, -0.25) is 14.6 Å². The van der Waals surface area contributed by atoms with Crippen LogP contribution in [0.1, 0.15) is 21.6 Å². The highest BCUT2D eigenvalue weighted by Gasteiger charge is 2.30. The maximum atomic E-state index is 14.5. The van der Waals surface area contributed by atoms with Crippen molar-refractivity contribution in [3.63, 3.8) is 0 Å². The van der Waals surface area contributed by atoms with E-state index in [9.17, 15) is 18.4 Å². The SMILES string of the molecule is N#Cc1ccc(NC(=O)N2CCn3nc(-c4cc(F)c5cn[nH]c5c4)c(C(N)=O)c3C2)cc1F. The summed E-state index contributed by atoms with van der Waals surface area (Å²) in [6.07, 6.45) is 1.36. The lowest BCUT2D eigenvalue weighted by molar-refractivity contribution is 0.0997. The summed E-state index contributed by atoms with van der Waals surface area (Å²) in [6, 6.07) is 7.80. The topological polar surface area (TPSA) is 146 Å². The minimum absolute atomic E-state index is 0.00461. The van der Waals surface area contributed by atoms with Gasteiger partial charge in [0.25, 0.3) is 5.91 Å². The highest BCUT2D eigenvalue weighted by Crippen LogP contribution is 2.31. The van der Waals surface area contributed by atoms with Crippen LogP contribution in [0.3, 0.4) is 0 Å². The molecule has 0 spiro atoms. The molecule has 1 aliphatic rings. The Kier molecular flexibility index (Phi) is 4.94. The third kappa shape index (κ3) is 3.49. The van der Waals surface area contributed by atoms with Crippen LogP contribution in [0.5, 0.6) is 0 Å². The number of urea groups is 1. The van der Waals surface area contributed by atoms with Gasteiger partial charge in [0.05, 0.1) is 47.0 Å². The zero-order chi connectivity index (χ0) is 24.0. The van der Waals surface area contributed by atoms with Crippen molar-refractivity contribution in [2.75, 3.05) is 11.9 Å². The largest absolute Gasteiger partial charge is 0.365 e. The molecule has 2 aromatic heterocycles. The van der Waals surface area contributed by atoms with Crippen LogP contribution in [0.2, 0.25) is 0 Å². The molecule has 0 bridgehead atoms. The molecule has 0 saturated heterocycles. The third-order valence-electron chi connectivity index (χ3n) is 5.64. The fourth-order valence-electron chi connectivity index (χ4n) is 3.98. The summed E-state index contributed by atoms with van der Waals surface area (Å²) < 4.78 is 29.9. The summed E-state index contributed by atoms with van der Waals surface area (Å²) >= 11 is 0. The van der Waals surface area contributed by atoms with Crippen LogP contribution < -0.4 is 11.1 Å². The average Bonchev–Trinajstić information content (AvgIpc) is 3.43. The first-order valence-corrected chi connectivity index (χ1v) is 10.1. The van der Waals surface area contributed by atoms with Gasteiger partial charge >= 0.3 is 6.03 Å². The highest BCUT2D eigenvalue weighted by atomic mass is 19.1. The molecule has 3 heterocycles. The van der Waals surface area contributed by atoms with E-state index in [0.717, 1.165) is 6.07 Å². The zero-order valence-electron chi connectivity index (χ0n) is 17.5.